The van der Waals surface area contributed by atoms with E-state index >= 15 is 0 Å². The lowest BCUT2D eigenvalue weighted by Gasteiger charge is -2.61. The fourth-order valence-corrected chi connectivity index (χ4v) is 9.35. The summed E-state index contributed by atoms with van der Waals surface area (Å²) < 4.78 is 0. The van der Waals surface area contributed by atoms with Crippen LogP contribution in [-0.2, 0) is 4.79 Å². The average Bonchev–Trinajstić information content (AvgIpc) is 3.00. The first-order valence-corrected chi connectivity index (χ1v) is 13.7. The van der Waals surface area contributed by atoms with Gasteiger partial charge in [-0.15, -0.1) is 0 Å². The molecule has 6 unspecified atom stereocenters. The molecular formula is C31H50O. The van der Waals surface area contributed by atoms with Crippen LogP contribution < -0.4 is 0 Å². The zero-order valence-corrected chi connectivity index (χ0v) is 22.5. The van der Waals surface area contributed by atoms with Crippen LogP contribution in [0.15, 0.2) is 23.3 Å². The van der Waals surface area contributed by atoms with E-state index in [0.717, 1.165) is 24.7 Å². The Morgan fingerprint density at radius 1 is 0.938 bits per heavy atom. The quantitative estimate of drug-likeness (QED) is 0.391. The number of rotatable bonds is 5. The van der Waals surface area contributed by atoms with Crippen LogP contribution in [0.1, 0.15) is 120 Å². The van der Waals surface area contributed by atoms with Crippen LogP contribution in [0.4, 0.5) is 0 Å². The molecule has 0 aliphatic heterocycles. The average molecular weight is 439 g/mol. The fourth-order valence-electron chi connectivity index (χ4n) is 9.35. The van der Waals surface area contributed by atoms with Gasteiger partial charge in [0.05, 0.1) is 0 Å². The van der Waals surface area contributed by atoms with Crippen molar-refractivity contribution in [3.8, 4) is 0 Å². The molecule has 4 aliphatic carbocycles. The Morgan fingerprint density at radius 3 is 2.28 bits per heavy atom. The molecule has 0 aromatic carbocycles. The van der Waals surface area contributed by atoms with Gasteiger partial charge in [-0.2, -0.15) is 0 Å². The molecule has 1 heteroatoms. The maximum Gasteiger partial charge on any atom is 0.138 e. The Morgan fingerprint density at radius 2 is 1.62 bits per heavy atom. The van der Waals surface area contributed by atoms with E-state index in [-0.39, 0.29) is 10.8 Å². The van der Waals surface area contributed by atoms with Crippen LogP contribution in [0.5, 0.6) is 0 Å². The third kappa shape index (κ3) is 3.26. The highest BCUT2D eigenvalue weighted by Crippen LogP contribution is 2.72. The highest BCUT2D eigenvalue weighted by Gasteiger charge is 2.63. The van der Waals surface area contributed by atoms with Crippen molar-refractivity contribution in [2.75, 3.05) is 0 Å². The van der Waals surface area contributed by atoms with E-state index in [1.54, 1.807) is 5.57 Å². The van der Waals surface area contributed by atoms with Crippen molar-refractivity contribution in [1.82, 2.24) is 0 Å². The zero-order valence-electron chi connectivity index (χ0n) is 22.5. The Balaban J connectivity index is 1.63. The molecule has 0 saturated heterocycles. The van der Waals surface area contributed by atoms with Gasteiger partial charge in [-0.25, -0.2) is 0 Å². The van der Waals surface area contributed by atoms with Crippen molar-refractivity contribution in [2.45, 2.75) is 120 Å². The number of ketones is 1. The van der Waals surface area contributed by atoms with Crippen molar-refractivity contribution >= 4 is 5.78 Å². The highest BCUT2D eigenvalue weighted by atomic mass is 16.1. The third-order valence-corrected chi connectivity index (χ3v) is 12.0. The van der Waals surface area contributed by atoms with Crippen molar-refractivity contribution < 1.29 is 4.79 Å². The number of hydrogen-bond donors (Lipinski definition) is 0. The minimum Gasteiger partial charge on any atom is -0.299 e. The van der Waals surface area contributed by atoms with Crippen molar-refractivity contribution in [1.29, 1.82) is 0 Å². The maximum absolute atomic E-state index is 12.8. The molecule has 32 heavy (non-hydrogen) atoms. The van der Waals surface area contributed by atoms with Crippen LogP contribution in [-0.4, -0.2) is 5.78 Å². The summed E-state index contributed by atoms with van der Waals surface area (Å²) in [5.74, 6) is 3.25. The molecule has 0 aromatic rings. The highest BCUT2D eigenvalue weighted by molar-refractivity contribution is 5.85. The minimum atomic E-state index is -0.154. The molecule has 0 bridgehead atoms. The first kappa shape index (κ1) is 24.3. The van der Waals surface area contributed by atoms with E-state index in [1.165, 1.54) is 56.9 Å². The summed E-state index contributed by atoms with van der Waals surface area (Å²) >= 11 is 0. The van der Waals surface area contributed by atoms with Crippen molar-refractivity contribution in [3.05, 3.63) is 23.3 Å². The van der Waals surface area contributed by atoms with Gasteiger partial charge in [-0.05, 0) is 97.7 Å². The molecule has 6 atom stereocenters. The predicted octanol–water partition coefficient (Wildman–Crippen LogP) is 8.93. The molecule has 0 aromatic heterocycles. The summed E-state index contributed by atoms with van der Waals surface area (Å²) in [5.41, 5.74) is 5.94. The molecule has 0 radical (unpaired) electrons. The van der Waals surface area contributed by atoms with Gasteiger partial charge in [0.15, 0.2) is 0 Å². The van der Waals surface area contributed by atoms with Gasteiger partial charge >= 0.3 is 0 Å². The summed E-state index contributed by atoms with van der Waals surface area (Å²) in [5, 5.41) is 0. The van der Waals surface area contributed by atoms with Crippen molar-refractivity contribution in [2.24, 2.45) is 45.3 Å². The Hall–Kier alpha value is -0.850. The molecule has 0 spiro atoms. The molecule has 0 N–H and O–H groups in total. The first-order chi connectivity index (χ1) is 14.8. The van der Waals surface area contributed by atoms with Gasteiger partial charge in [-0.1, -0.05) is 78.7 Å². The Kier molecular flexibility index (Phi) is 5.95. The lowest BCUT2D eigenvalue weighted by Crippen LogP contribution is -2.53. The Labute approximate surface area is 198 Å². The van der Waals surface area contributed by atoms with E-state index < -0.39 is 0 Å². The second kappa shape index (κ2) is 7.84. The summed E-state index contributed by atoms with van der Waals surface area (Å²) in [7, 11) is 0. The van der Waals surface area contributed by atoms with Crippen LogP contribution >= 0.6 is 0 Å². The second-order valence-corrected chi connectivity index (χ2v) is 13.8. The van der Waals surface area contributed by atoms with E-state index in [4.69, 9.17) is 0 Å². The van der Waals surface area contributed by atoms with Crippen molar-refractivity contribution in [3.63, 3.8) is 0 Å². The van der Waals surface area contributed by atoms with Crippen LogP contribution in [0.3, 0.4) is 0 Å². The zero-order chi connectivity index (χ0) is 23.7. The summed E-state index contributed by atoms with van der Waals surface area (Å²) in [6, 6.07) is 0. The number of carbonyl (C=O) groups is 1. The molecule has 4 aliphatic rings. The maximum atomic E-state index is 12.8. The molecule has 0 heterocycles. The molecular weight excluding hydrogens is 388 g/mol. The van der Waals surface area contributed by atoms with E-state index in [0.29, 0.717) is 28.4 Å². The van der Waals surface area contributed by atoms with Gasteiger partial charge in [-0.3, -0.25) is 4.79 Å². The van der Waals surface area contributed by atoms with Gasteiger partial charge in [0.1, 0.15) is 5.78 Å². The van der Waals surface area contributed by atoms with Gasteiger partial charge in [0.25, 0.3) is 0 Å². The van der Waals surface area contributed by atoms with Crippen LogP contribution in [0.25, 0.3) is 0 Å². The monoisotopic (exact) mass is 438 g/mol. The number of fused-ring (bicyclic) bond motifs is 4. The smallest absolute Gasteiger partial charge is 0.138 e. The van der Waals surface area contributed by atoms with Gasteiger partial charge in [0.2, 0.25) is 0 Å². The van der Waals surface area contributed by atoms with Gasteiger partial charge < -0.3 is 0 Å². The second-order valence-electron chi connectivity index (χ2n) is 13.8. The molecule has 180 valence electrons. The van der Waals surface area contributed by atoms with E-state index in [9.17, 15) is 4.79 Å². The number of Topliss-reactive ketones (excluding diaryl/α,β-unsaturated/α-hetero) is 1. The first-order valence-electron chi connectivity index (χ1n) is 13.7. The molecule has 0 amide bonds. The summed E-state index contributed by atoms with van der Waals surface area (Å²) in [6.45, 7) is 23.8. The summed E-state index contributed by atoms with van der Waals surface area (Å²) in [4.78, 5) is 12.8. The number of carbonyl (C=O) groups excluding carboxylic acids is 1. The lowest BCUT2D eigenvalue weighted by atomic mass is 9.43. The molecule has 1 nitrogen and oxygen atoms in total. The largest absolute Gasteiger partial charge is 0.299 e. The number of allylic oxidation sites excluding steroid dienone is 3. The SMILES string of the molecule is C=C(CCC(C)C1CCC2(C)C3=C(CCC12C)C1(C)CCC(=O)C(C)(C)C1CC3)C(C)C. The molecule has 4 rings (SSSR count). The fraction of sp³-hybridized carbons (Fsp3) is 0.839. The standard InChI is InChI=1S/C31H50O/c1-20(2)21(3)10-11-22(4)23-14-18-31(9)25-12-13-26-28(5,6)27(32)16-17-29(26,7)24(25)15-19-30(23,31)8/h20,22-23,26H,3,10-19H2,1-2,4-9H3. The minimum absolute atomic E-state index is 0.154. The predicted molar refractivity (Wildman–Crippen MR) is 136 cm³/mol. The van der Waals surface area contributed by atoms with Gasteiger partial charge in [0, 0.05) is 11.8 Å². The normalized spacial score (nSPS) is 41.8. The van der Waals surface area contributed by atoms with Crippen LogP contribution in [0, 0.1) is 45.3 Å². The number of hydrogen-bond acceptors (Lipinski definition) is 1. The third-order valence-electron chi connectivity index (χ3n) is 12.0. The molecule has 2 saturated carbocycles. The summed E-state index contributed by atoms with van der Waals surface area (Å²) in [6.07, 6.45) is 12.2. The van der Waals surface area contributed by atoms with Crippen LogP contribution in [0.2, 0.25) is 0 Å². The van der Waals surface area contributed by atoms with E-state index in [2.05, 4.69) is 62.0 Å². The van der Waals surface area contributed by atoms with E-state index in [1.807, 2.05) is 5.57 Å². The molecule has 2 fully saturated rings. The lowest BCUT2D eigenvalue weighted by molar-refractivity contribution is -0.139. The Bertz CT molecular complexity index is 827. The topological polar surface area (TPSA) is 17.1 Å².